The average molecular weight is 311 g/mol. The van der Waals surface area contributed by atoms with Gasteiger partial charge in [-0.3, -0.25) is 4.79 Å². The molecule has 0 saturated carbocycles. The second-order valence-electron chi connectivity index (χ2n) is 5.67. The van der Waals surface area contributed by atoms with Gasteiger partial charge in [-0.25, -0.2) is 0 Å². The second-order valence-corrected chi connectivity index (χ2v) is 5.67. The lowest BCUT2D eigenvalue weighted by Gasteiger charge is -2.23. The first-order chi connectivity index (χ1) is 9.75. The minimum atomic E-state index is 0. The molecule has 1 aromatic carbocycles. The monoisotopic (exact) mass is 310 g/mol. The van der Waals surface area contributed by atoms with Gasteiger partial charge in [0.25, 0.3) is 5.91 Å². The topological polar surface area (TPSA) is 41.6 Å². The lowest BCUT2D eigenvalue weighted by atomic mass is 9.99. The minimum absolute atomic E-state index is 0. The van der Waals surface area contributed by atoms with E-state index in [1.54, 1.807) is 0 Å². The second kappa shape index (κ2) is 7.25. The van der Waals surface area contributed by atoms with Gasteiger partial charge in [-0.05, 0) is 55.6 Å². The standard InChI is InChI=1S/C16H22N2O2.ClH/c1-18(15-6-9-20-11-15)16(19)14-3-2-12-4-7-17-8-5-13(12)10-14;/h2-3,10,15,17H,4-9,11H2,1H3;1H. The van der Waals surface area contributed by atoms with E-state index >= 15 is 0 Å². The van der Waals surface area contributed by atoms with Crippen molar-refractivity contribution >= 4 is 18.3 Å². The van der Waals surface area contributed by atoms with Crippen LogP contribution < -0.4 is 5.32 Å². The summed E-state index contributed by atoms with van der Waals surface area (Å²) in [6.07, 6.45) is 3.00. The van der Waals surface area contributed by atoms with Crippen molar-refractivity contribution < 1.29 is 9.53 Å². The molecule has 2 heterocycles. The number of fused-ring (bicyclic) bond motifs is 1. The molecule has 0 bridgehead atoms. The van der Waals surface area contributed by atoms with Crippen LogP contribution in [0.2, 0.25) is 0 Å². The van der Waals surface area contributed by atoms with E-state index in [9.17, 15) is 4.79 Å². The Bertz CT molecular complexity index is 501. The predicted molar refractivity (Wildman–Crippen MR) is 85.3 cm³/mol. The fourth-order valence-corrected chi connectivity index (χ4v) is 3.00. The number of hydrogen-bond acceptors (Lipinski definition) is 3. The number of amides is 1. The van der Waals surface area contributed by atoms with Gasteiger partial charge >= 0.3 is 0 Å². The molecular formula is C16H23ClN2O2. The van der Waals surface area contributed by atoms with Crippen molar-refractivity contribution in [2.45, 2.75) is 25.3 Å². The quantitative estimate of drug-likeness (QED) is 0.903. The highest BCUT2D eigenvalue weighted by atomic mass is 35.5. The van der Waals surface area contributed by atoms with Crippen molar-refractivity contribution in [1.29, 1.82) is 0 Å². The number of carbonyl (C=O) groups is 1. The van der Waals surface area contributed by atoms with Gasteiger partial charge in [-0.15, -0.1) is 12.4 Å². The van der Waals surface area contributed by atoms with Gasteiger partial charge in [0.05, 0.1) is 12.6 Å². The van der Waals surface area contributed by atoms with Crippen molar-refractivity contribution in [2.24, 2.45) is 0 Å². The molecule has 2 aliphatic heterocycles. The molecule has 1 unspecified atom stereocenters. The maximum atomic E-state index is 12.6. The smallest absolute Gasteiger partial charge is 0.253 e. The van der Waals surface area contributed by atoms with Crippen molar-refractivity contribution in [1.82, 2.24) is 10.2 Å². The molecule has 0 aliphatic carbocycles. The van der Waals surface area contributed by atoms with Crippen LogP contribution in [-0.2, 0) is 17.6 Å². The lowest BCUT2D eigenvalue weighted by molar-refractivity contribution is 0.0711. The van der Waals surface area contributed by atoms with Crippen molar-refractivity contribution in [2.75, 3.05) is 33.4 Å². The Balaban J connectivity index is 0.00000161. The van der Waals surface area contributed by atoms with Crippen LogP contribution in [0.4, 0.5) is 0 Å². The number of carbonyl (C=O) groups excluding carboxylic acids is 1. The summed E-state index contributed by atoms with van der Waals surface area (Å²) < 4.78 is 5.37. The molecule has 1 fully saturated rings. The first kappa shape index (κ1) is 16.3. The molecule has 1 N–H and O–H groups in total. The van der Waals surface area contributed by atoms with E-state index in [4.69, 9.17) is 4.74 Å². The number of nitrogens with one attached hydrogen (secondary N) is 1. The van der Waals surface area contributed by atoms with Gasteiger partial charge in [0.15, 0.2) is 0 Å². The average Bonchev–Trinajstić information content (AvgIpc) is 2.91. The fourth-order valence-electron chi connectivity index (χ4n) is 3.00. The summed E-state index contributed by atoms with van der Waals surface area (Å²) in [7, 11) is 1.88. The first-order valence-electron chi connectivity index (χ1n) is 7.43. The molecule has 21 heavy (non-hydrogen) atoms. The largest absolute Gasteiger partial charge is 0.379 e. The molecule has 5 heteroatoms. The van der Waals surface area contributed by atoms with Crippen LogP contribution >= 0.6 is 12.4 Å². The number of halogens is 1. The molecule has 1 atom stereocenters. The van der Waals surface area contributed by atoms with Crippen LogP contribution in [0, 0.1) is 0 Å². The Morgan fingerprint density at radius 2 is 2.05 bits per heavy atom. The number of nitrogens with zero attached hydrogens (tertiary/aromatic N) is 1. The molecule has 116 valence electrons. The van der Waals surface area contributed by atoms with Gasteiger partial charge in [0.1, 0.15) is 0 Å². The van der Waals surface area contributed by atoms with Crippen LogP contribution in [0.5, 0.6) is 0 Å². The van der Waals surface area contributed by atoms with E-state index in [0.717, 1.165) is 44.5 Å². The number of benzene rings is 1. The van der Waals surface area contributed by atoms with Gasteiger partial charge in [0.2, 0.25) is 0 Å². The number of hydrogen-bond donors (Lipinski definition) is 1. The van der Waals surface area contributed by atoms with E-state index in [0.29, 0.717) is 6.61 Å². The zero-order valence-corrected chi connectivity index (χ0v) is 13.2. The maximum absolute atomic E-state index is 12.6. The number of ether oxygens (including phenoxy) is 1. The third kappa shape index (κ3) is 3.57. The molecule has 3 rings (SSSR count). The highest BCUT2D eigenvalue weighted by Crippen LogP contribution is 2.19. The van der Waals surface area contributed by atoms with E-state index < -0.39 is 0 Å². The minimum Gasteiger partial charge on any atom is -0.379 e. The molecule has 0 aromatic heterocycles. The fraction of sp³-hybridized carbons (Fsp3) is 0.562. The molecule has 0 radical (unpaired) electrons. The molecule has 2 aliphatic rings. The molecular weight excluding hydrogens is 288 g/mol. The van der Waals surface area contributed by atoms with Crippen molar-refractivity contribution in [3.05, 3.63) is 34.9 Å². The van der Waals surface area contributed by atoms with Crippen LogP contribution in [0.3, 0.4) is 0 Å². The highest BCUT2D eigenvalue weighted by molar-refractivity contribution is 5.94. The molecule has 1 saturated heterocycles. The van der Waals surface area contributed by atoms with E-state index in [2.05, 4.69) is 17.4 Å². The van der Waals surface area contributed by atoms with E-state index in [1.165, 1.54) is 11.1 Å². The van der Waals surface area contributed by atoms with Crippen LogP contribution in [0.15, 0.2) is 18.2 Å². The Hall–Kier alpha value is -1.10. The van der Waals surface area contributed by atoms with Gasteiger partial charge in [0, 0.05) is 19.2 Å². The van der Waals surface area contributed by atoms with Gasteiger partial charge < -0.3 is 15.0 Å². The summed E-state index contributed by atoms with van der Waals surface area (Å²) in [6.45, 7) is 3.45. The van der Waals surface area contributed by atoms with Crippen molar-refractivity contribution in [3.8, 4) is 0 Å². The summed E-state index contributed by atoms with van der Waals surface area (Å²) in [5.41, 5.74) is 3.50. The summed E-state index contributed by atoms with van der Waals surface area (Å²) in [5.74, 6) is 0.112. The van der Waals surface area contributed by atoms with E-state index in [1.807, 2.05) is 18.0 Å². The maximum Gasteiger partial charge on any atom is 0.253 e. The van der Waals surface area contributed by atoms with Gasteiger partial charge in [-0.2, -0.15) is 0 Å². The molecule has 1 amide bonds. The van der Waals surface area contributed by atoms with Crippen LogP contribution in [-0.4, -0.2) is 50.2 Å². The first-order valence-corrected chi connectivity index (χ1v) is 7.43. The van der Waals surface area contributed by atoms with Gasteiger partial charge in [-0.1, -0.05) is 6.07 Å². The Morgan fingerprint density at radius 3 is 2.76 bits per heavy atom. The normalized spacial score (nSPS) is 21.1. The predicted octanol–water partition coefficient (Wildman–Crippen LogP) is 1.66. The number of rotatable bonds is 2. The van der Waals surface area contributed by atoms with Crippen molar-refractivity contribution in [3.63, 3.8) is 0 Å². The summed E-state index contributed by atoms with van der Waals surface area (Å²) >= 11 is 0. The summed E-state index contributed by atoms with van der Waals surface area (Å²) in [5, 5.41) is 3.40. The van der Waals surface area contributed by atoms with E-state index in [-0.39, 0.29) is 24.4 Å². The van der Waals surface area contributed by atoms with Crippen LogP contribution in [0.25, 0.3) is 0 Å². The summed E-state index contributed by atoms with van der Waals surface area (Å²) in [4.78, 5) is 14.4. The Kier molecular flexibility index (Phi) is 5.62. The Morgan fingerprint density at radius 1 is 1.29 bits per heavy atom. The SMILES string of the molecule is CN(C(=O)c1ccc2c(c1)CCNCC2)C1CCOC1.Cl. The zero-order chi connectivity index (χ0) is 13.9. The summed E-state index contributed by atoms with van der Waals surface area (Å²) in [6, 6.07) is 6.40. The Labute approximate surface area is 132 Å². The molecule has 1 aromatic rings. The third-order valence-electron chi connectivity index (χ3n) is 4.37. The molecule has 4 nitrogen and oxygen atoms in total. The lowest BCUT2D eigenvalue weighted by Crippen LogP contribution is -2.37. The zero-order valence-electron chi connectivity index (χ0n) is 12.4. The highest BCUT2D eigenvalue weighted by Gasteiger charge is 2.25. The third-order valence-corrected chi connectivity index (χ3v) is 4.37. The van der Waals surface area contributed by atoms with Crippen LogP contribution in [0.1, 0.15) is 27.9 Å². The molecule has 0 spiro atoms. The number of likely N-dealkylation sites (N-methyl/N-ethyl adjacent to an activating group) is 1.